The predicted molar refractivity (Wildman–Crippen MR) is 112 cm³/mol. The van der Waals surface area contributed by atoms with Gasteiger partial charge in [0.05, 0.1) is 5.56 Å². The number of rotatable bonds is 5. The van der Waals surface area contributed by atoms with Crippen LogP contribution in [0.3, 0.4) is 0 Å². The van der Waals surface area contributed by atoms with Gasteiger partial charge in [-0.1, -0.05) is 35.9 Å². The van der Waals surface area contributed by atoms with E-state index in [4.69, 9.17) is 9.47 Å². The van der Waals surface area contributed by atoms with Gasteiger partial charge in [-0.3, -0.25) is 9.89 Å². The Hall–Kier alpha value is -3.54. The molecule has 0 saturated carbocycles. The van der Waals surface area contributed by atoms with Crippen LogP contribution in [0.5, 0.6) is 0 Å². The monoisotopic (exact) mass is 389 g/mol. The van der Waals surface area contributed by atoms with Gasteiger partial charge in [0, 0.05) is 30.3 Å². The average Bonchev–Trinajstić information content (AvgIpc) is 3.10. The molecule has 1 aromatic heterocycles. The number of H-pyrrole nitrogens is 1. The topological polar surface area (TPSA) is 76.2 Å². The van der Waals surface area contributed by atoms with Crippen molar-refractivity contribution in [3.8, 4) is 11.3 Å². The second-order valence-corrected chi connectivity index (χ2v) is 7.11. The predicted octanol–water partition coefficient (Wildman–Crippen LogP) is 5.20. The van der Waals surface area contributed by atoms with E-state index in [1.165, 1.54) is 12.5 Å². The molecule has 0 spiro atoms. The summed E-state index contributed by atoms with van der Waals surface area (Å²) in [6, 6.07) is 7.57. The molecule has 1 amide bonds. The molecule has 6 heteroatoms. The number of aryl methyl sites for hydroxylation is 1. The van der Waals surface area contributed by atoms with Crippen LogP contribution in [0.25, 0.3) is 17.0 Å². The van der Waals surface area contributed by atoms with Crippen molar-refractivity contribution in [2.45, 2.75) is 33.1 Å². The number of nitrogens with one attached hydrogen (secondary N) is 2. The van der Waals surface area contributed by atoms with E-state index in [0.29, 0.717) is 17.9 Å². The van der Waals surface area contributed by atoms with Crippen molar-refractivity contribution in [1.82, 2.24) is 10.2 Å². The van der Waals surface area contributed by atoms with Gasteiger partial charge in [0.15, 0.2) is 5.76 Å². The lowest BCUT2D eigenvalue weighted by molar-refractivity contribution is -0.114. The molecule has 1 aliphatic heterocycles. The summed E-state index contributed by atoms with van der Waals surface area (Å²) < 4.78 is 11.8. The third kappa shape index (κ3) is 4.32. The maximum absolute atomic E-state index is 11.4. The Kier molecular flexibility index (Phi) is 5.33. The maximum Gasteiger partial charge on any atom is 0.221 e. The van der Waals surface area contributed by atoms with Gasteiger partial charge in [-0.25, -0.2) is 0 Å². The molecule has 0 saturated heterocycles. The molecule has 2 aromatic rings. The van der Waals surface area contributed by atoms with Gasteiger partial charge in [-0.2, -0.15) is 5.10 Å². The molecule has 0 fully saturated rings. The smallest absolute Gasteiger partial charge is 0.221 e. The molecule has 1 aliphatic carbocycles. The third-order valence-electron chi connectivity index (χ3n) is 4.77. The number of amides is 1. The summed E-state index contributed by atoms with van der Waals surface area (Å²) in [5, 5.41) is 10.3. The van der Waals surface area contributed by atoms with Crippen molar-refractivity contribution in [2.75, 3.05) is 5.32 Å². The summed E-state index contributed by atoms with van der Waals surface area (Å²) >= 11 is 0. The van der Waals surface area contributed by atoms with E-state index >= 15 is 0 Å². The van der Waals surface area contributed by atoms with Crippen LogP contribution < -0.4 is 5.32 Å². The highest BCUT2D eigenvalue weighted by molar-refractivity contribution is 5.90. The number of anilines is 1. The molecule has 2 N–H and O–H groups in total. The Bertz CT molecular complexity index is 1060. The highest BCUT2D eigenvalue weighted by atomic mass is 16.5. The van der Waals surface area contributed by atoms with Crippen molar-refractivity contribution < 1.29 is 14.3 Å². The Labute approximate surface area is 169 Å². The van der Waals surface area contributed by atoms with E-state index in [0.717, 1.165) is 41.1 Å². The van der Waals surface area contributed by atoms with E-state index < -0.39 is 0 Å². The minimum absolute atomic E-state index is 0.117. The van der Waals surface area contributed by atoms with Gasteiger partial charge in [-0.05, 0) is 31.9 Å². The number of ether oxygens (including phenoxy) is 2. The van der Waals surface area contributed by atoms with Gasteiger partial charge >= 0.3 is 0 Å². The van der Waals surface area contributed by atoms with Gasteiger partial charge < -0.3 is 14.8 Å². The van der Waals surface area contributed by atoms with Crippen molar-refractivity contribution in [1.29, 1.82) is 0 Å². The van der Waals surface area contributed by atoms with Crippen LogP contribution in [-0.4, -0.2) is 16.1 Å². The van der Waals surface area contributed by atoms with Gasteiger partial charge in [0.1, 0.15) is 24.0 Å². The van der Waals surface area contributed by atoms with Gasteiger partial charge in [-0.15, -0.1) is 0 Å². The van der Waals surface area contributed by atoms with E-state index in [1.807, 2.05) is 31.2 Å². The largest absolute Gasteiger partial charge is 0.465 e. The molecule has 148 valence electrons. The molecule has 0 radical (unpaired) electrons. The molecular weight excluding hydrogens is 366 g/mol. The molecule has 2 aliphatic rings. The fourth-order valence-corrected chi connectivity index (χ4v) is 3.46. The average molecular weight is 389 g/mol. The summed E-state index contributed by atoms with van der Waals surface area (Å²) in [5.41, 5.74) is 5.36. The van der Waals surface area contributed by atoms with Crippen LogP contribution in [-0.2, 0) is 14.3 Å². The first kappa shape index (κ1) is 18.8. The Balaban J connectivity index is 1.59. The molecule has 29 heavy (non-hydrogen) atoms. The molecule has 0 atom stereocenters. The number of hydrogen-bond acceptors (Lipinski definition) is 4. The van der Waals surface area contributed by atoms with Gasteiger partial charge in [0.2, 0.25) is 5.91 Å². The lowest BCUT2D eigenvalue weighted by Crippen LogP contribution is -2.05. The van der Waals surface area contributed by atoms with Crippen LogP contribution in [0.2, 0.25) is 0 Å². The quantitative estimate of drug-likeness (QED) is 0.737. The third-order valence-corrected chi connectivity index (χ3v) is 4.77. The minimum Gasteiger partial charge on any atom is -0.465 e. The minimum atomic E-state index is -0.117. The standard InChI is InChI=1S/C23H23N3O3/c1-15-22(21-14-28-13-20(29-21)11-17-7-4-3-5-8-17)23(26-25-15)18-9-6-10-19(12-18)24-16(2)27/h3-4,6-7,9-10,12-14H,5,8,11H2,1-2H3,(H,24,27)(H,25,26). The molecule has 2 heterocycles. The first-order valence-electron chi connectivity index (χ1n) is 9.60. The summed E-state index contributed by atoms with van der Waals surface area (Å²) in [6.45, 7) is 3.43. The van der Waals surface area contributed by atoms with E-state index in [1.54, 1.807) is 12.5 Å². The number of carbonyl (C=O) groups is 1. The van der Waals surface area contributed by atoms with E-state index in [9.17, 15) is 4.79 Å². The molecule has 0 unspecified atom stereocenters. The number of allylic oxidation sites excluding steroid dienone is 4. The molecule has 4 rings (SSSR count). The molecule has 1 aromatic carbocycles. The fraction of sp³-hybridized carbons (Fsp3) is 0.217. The zero-order valence-corrected chi connectivity index (χ0v) is 16.5. The lowest BCUT2D eigenvalue weighted by Gasteiger charge is -2.19. The number of carbonyl (C=O) groups excluding carboxylic acids is 1. The molecule has 0 bridgehead atoms. The second-order valence-electron chi connectivity index (χ2n) is 7.11. The number of aromatic amines is 1. The number of aromatic nitrogens is 2. The maximum atomic E-state index is 11.4. The fourth-order valence-electron chi connectivity index (χ4n) is 3.46. The van der Waals surface area contributed by atoms with E-state index in [-0.39, 0.29) is 5.91 Å². The molecule has 6 nitrogen and oxygen atoms in total. The normalized spacial score (nSPS) is 15.6. The summed E-state index contributed by atoms with van der Waals surface area (Å²) in [6.07, 6.45) is 12.4. The van der Waals surface area contributed by atoms with E-state index in [2.05, 4.69) is 33.7 Å². The second kappa shape index (κ2) is 8.22. The van der Waals surface area contributed by atoms with Crippen LogP contribution in [0.4, 0.5) is 5.69 Å². The SMILES string of the molecule is CC(=O)Nc1cccc(-c2n[nH]c(C)c2C2=COC=C(CC3=CC=CCC3)O2)c1. The zero-order valence-electron chi connectivity index (χ0n) is 16.5. The summed E-state index contributed by atoms with van der Waals surface area (Å²) in [7, 11) is 0. The van der Waals surface area contributed by atoms with Crippen LogP contribution in [0, 0.1) is 6.92 Å². The lowest BCUT2D eigenvalue weighted by atomic mass is 10.0. The zero-order chi connectivity index (χ0) is 20.2. The van der Waals surface area contributed by atoms with Crippen LogP contribution in [0.15, 0.2) is 66.3 Å². The highest BCUT2D eigenvalue weighted by Crippen LogP contribution is 2.35. The number of nitrogens with zero attached hydrogens (tertiary/aromatic N) is 1. The summed E-state index contributed by atoms with van der Waals surface area (Å²) in [4.78, 5) is 11.4. The summed E-state index contributed by atoms with van der Waals surface area (Å²) in [5.74, 6) is 1.26. The van der Waals surface area contributed by atoms with Crippen molar-refractivity contribution in [3.05, 3.63) is 77.6 Å². The first-order chi connectivity index (χ1) is 14.1. The molecular formula is C23H23N3O3. The Morgan fingerprint density at radius 2 is 2.21 bits per heavy atom. The van der Waals surface area contributed by atoms with Crippen molar-refractivity contribution in [3.63, 3.8) is 0 Å². The van der Waals surface area contributed by atoms with Crippen LogP contribution in [0.1, 0.15) is 37.4 Å². The van der Waals surface area contributed by atoms with Crippen LogP contribution >= 0.6 is 0 Å². The number of hydrogen-bond donors (Lipinski definition) is 2. The van der Waals surface area contributed by atoms with Crippen molar-refractivity contribution >= 4 is 17.4 Å². The highest BCUT2D eigenvalue weighted by Gasteiger charge is 2.22. The Morgan fingerprint density at radius 3 is 3.00 bits per heavy atom. The first-order valence-corrected chi connectivity index (χ1v) is 9.60. The number of benzene rings is 1. The van der Waals surface area contributed by atoms with Crippen molar-refractivity contribution in [2.24, 2.45) is 0 Å². The van der Waals surface area contributed by atoms with Gasteiger partial charge in [0.25, 0.3) is 0 Å². The Morgan fingerprint density at radius 1 is 1.31 bits per heavy atom.